The Morgan fingerprint density at radius 2 is 2.08 bits per heavy atom. The predicted octanol–water partition coefficient (Wildman–Crippen LogP) is 1.85. The second-order valence-corrected chi connectivity index (χ2v) is 3.27. The van der Waals surface area contributed by atoms with E-state index in [-0.39, 0.29) is 12.0 Å². The standard InChI is InChI=1S/C10H21NO2/c1-3-5-6-7-9(11)8-10(12)13-4-2/h9H,3-8,11H2,1-2H3. The topological polar surface area (TPSA) is 52.3 Å². The third kappa shape index (κ3) is 7.78. The van der Waals surface area contributed by atoms with Gasteiger partial charge in [0.05, 0.1) is 13.0 Å². The molecule has 0 rings (SSSR count). The Labute approximate surface area is 80.6 Å². The van der Waals surface area contributed by atoms with Crippen molar-refractivity contribution in [3.05, 3.63) is 0 Å². The molecule has 2 N–H and O–H groups in total. The molecule has 0 aliphatic carbocycles. The van der Waals surface area contributed by atoms with E-state index < -0.39 is 0 Å². The number of unbranched alkanes of at least 4 members (excludes halogenated alkanes) is 2. The van der Waals surface area contributed by atoms with Gasteiger partial charge < -0.3 is 10.5 Å². The van der Waals surface area contributed by atoms with Crippen LogP contribution in [-0.2, 0) is 9.53 Å². The lowest BCUT2D eigenvalue weighted by Gasteiger charge is -2.09. The Balaban J connectivity index is 3.38. The molecular weight excluding hydrogens is 166 g/mol. The highest BCUT2D eigenvalue weighted by Crippen LogP contribution is 2.04. The van der Waals surface area contributed by atoms with Crippen LogP contribution in [-0.4, -0.2) is 18.6 Å². The smallest absolute Gasteiger partial charge is 0.307 e. The molecule has 0 saturated carbocycles. The summed E-state index contributed by atoms with van der Waals surface area (Å²) in [6.45, 7) is 4.40. The first-order valence-corrected chi connectivity index (χ1v) is 5.11. The van der Waals surface area contributed by atoms with E-state index in [4.69, 9.17) is 10.5 Å². The third-order valence-corrected chi connectivity index (χ3v) is 1.91. The average Bonchev–Trinajstić information content (AvgIpc) is 2.05. The molecule has 0 aromatic rings. The second kappa shape index (κ2) is 8.05. The number of esters is 1. The molecule has 78 valence electrons. The normalized spacial score (nSPS) is 12.5. The maximum atomic E-state index is 11.0. The van der Waals surface area contributed by atoms with Gasteiger partial charge in [0.25, 0.3) is 0 Å². The van der Waals surface area contributed by atoms with Crippen molar-refractivity contribution in [2.24, 2.45) is 5.73 Å². The van der Waals surface area contributed by atoms with Crippen molar-refractivity contribution in [3.63, 3.8) is 0 Å². The van der Waals surface area contributed by atoms with Gasteiger partial charge in [0, 0.05) is 6.04 Å². The zero-order valence-corrected chi connectivity index (χ0v) is 8.71. The van der Waals surface area contributed by atoms with Gasteiger partial charge in [-0.25, -0.2) is 0 Å². The number of nitrogens with two attached hydrogens (primary N) is 1. The minimum Gasteiger partial charge on any atom is -0.466 e. The Bertz CT molecular complexity index is 137. The molecule has 0 bridgehead atoms. The zero-order chi connectivity index (χ0) is 10.1. The van der Waals surface area contributed by atoms with Gasteiger partial charge in [-0.1, -0.05) is 26.2 Å². The first-order chi connectivity index (χ1) is 6.20. The second-order valence-electron chi connectivity index (χ2n) is 3.27. The van der Waals surface area contributed by atoms with E-state index in [0.29, 0.717) is 13.0 Å². The fourth-order valence-electron chi connectivity index (χ4n) is 1.19. The highest BCUT2D eigenvalue weighted by Gasteiger charge is 2.09. The molecule has 0 fully saturated rings. The minimum absolute atomic E-state index is 0.0226. The van der Waals surface area contributed by atoms with E-state index in [9.17, 15) is 4.79 Å². The van der Waals surface area contributed by atoms with Crippen molar-refractivity contribution < 1.29 is 9.53 Å². The zero-order valence-electron chi connectivity index (χ0n) is 8.71. The average molecular weight is 187 g/mol. The maximum absolute atomic E-state index is 11.0. The Morgan fingerprint density at radius 1 is 1.38 bits per heavy atom. The SMILES string of the molecule is CCCCCC(N)CC(=O)OCC. The van der Waals surface area contributed by atoms with Crippen LogP contribution in [0, 0.1) is 0 Å². The summed E-state index contributed by atoms with van der Waals surface area (Å²) in [7, 11) is 0. The van der Waals surface area contributed by atoms with Crippen LogP contribution in [0.3, 0.4) is 0 Å². The number of hydrogen-bond donors (Lipinski definition) is 1. The number of carbonyl (C=O) groups is 1. The van der Waals surface area contributed by atoms with Crippen molar-refractivity contribution in [2.75, 3.05) is 6.61 Å². The monoisotopic (exact) mass is 187 g/mol. The van der Waals surface area contributed by atoms with Crippen molar-refractivity contribution >= 4 is 5.97 Å². The molecule has 0 aromatic heterocycles. The summed E-state index contributed by atoms with van der Waals surface area (Å²) in [6.07, 6.45) is 4.77. The van der Waals surface area contributed by atoms with Gasteiger partial charge in [-0.2, -0.15) is 0 Å². The summed E-state index contributed by atoms with van der Waals surface area (Å²) in [5.74, 6) is -0.175. The molecule has 0 aromatic carbocycles. The quantitative estimate of drug-likeness (QED) is 0.489. The predicted molar refractivity (Wildman–Crippen MR) is 53.4 cm³/mol. The molecule has 3 nitrogen and oxygen atoms in total. The van der Waals surface area contributed by atoms with Gasteiger partial charge >= 0.3 is 5.97 Å². The van der Waals surface area contributed by atoms with Crippen LogP contribution in [0.1, 0.15) is 46.0 Å². The van der Waals surface area contributed by atoms with Crippen molar-refractivity contribution in [1.82, 2.24) is 0 Å². The molecule has 0 saturated heterocycles. The fraction of sp³-hybridized carbons (Fsp3) is 0.900. The molecule has 0 spiro atoms. The number of ether oxygens (including phenoxy) is 1. The van der Waals surface area contributed by atoms with Gasteiger partial charge in [0.1, 0.15) is 0 Å². The van der Waals surface area contributed by atoms with Gasteiger partial charge in [0.2, 0.25) is 0 Å². The van der Waals surface area contributed by atoms with E-state index >= 15 is 0 Å². The molecule has 0 aliphatic heterocycles. The van der Waals surface area contributed by atoms with Gasteiger partial charge in [-0.15, -0.1) is 0 Å². The van der Waals surface area contributed by atoms with Crippen LogP contribution < -0.4 is 5.73 Å². The summed E-state index contributed by atoms with van der Waals surface area (Å²) in [5.41, 5.74) is 5.74. The van der Waals surface area contributed by atoms with E-state index in [1.165, 1.54) is 12.8 Å². The van der Waals surface area contributed by atoms with Gasteiger partial charge in [-0.05, 0) is 13.3 Å². The van der Waals surface area contributed by atoms with E-state index in [1.54, 1.807) is 6.92 Å². The third-order valence-electron chi connectivity index (χ3n) is 1.91. The first-order valence-electron chi connectivity index (χ1n) is 5.11. The van der Waals surface area contributed by atoms with Crippen LogP contribution in [0.2, 0.25) is 0 Å². The van der Waals surface area contributed by atoms with Crippen LogP contribution >= 0.6 is 0 Å². The van der Waals surface area contributed by atoms with Crippen molar-refractivity contribution in [2.45, 2.75) is 52.0 Å². The lowest BCUT2D eigenvalue weighted by molar-refractivity contribution is -0.143. The molecule has 1 unspecified atom stereocenters. The summed E-state index contributed by atoms with van der Waals surface area (Å²) < 4.78 is 4.80. The highest BCUT2D eigenvalue weighted by molar-refractivity contribution is 5.70. The number of hydrogen-bond acceptors (Lipinski definition) is 3. The van der Waals surface area contributed by atoms with Gasteiger partial charge in [0.15, 0.2) is 0 Å². The molecule has 0 aliphatic rings. The molecule has 0 amide bonds. The molecular formula is C10H21NO2. The lowest BCUT2D eigenvalue weighted by Crippen LogP contribution is -2.24. The maximum Gasteiger partial charge on any atom is 0.307 e. The van der Waals surface area contributed by atoms with E-state index in [0.717, 1.165) is 12.8 Å². The van der Waals surface area contributed by atoms with E-state index in [1.807, 2.05) is 0 Å². The van der Waals surface area contributed by atoms with Crippen molar-refractivity contribution in [1.29, 1.82) is 0 Å². The number of rotatable bonds is 7. The Morgan fingerprint density at radius 3 is 2.62 bits per heavy atom. The molecule has 13 heavy (non-hydrogen) atoms. The van der Waals surface area contributed by atoms with Crippen LogP contribution in [0.5, 0.6) is 0 Å². The molecule has 0 heterocycles. The molecule has 3 heteroatoms. The molecule has 1 atom stereocenters. The van der Waals surface area contributed by atoms with E-state index in [2.05, 4.69) is 6.92 Å². The summed E-state index contributed by atoms with van der Waals surface area (Å²) in [5, 5.41) is 0. The van der Waals surface area contributed by atoms with Crippen molar-refractivity contribution in [3.8, 4) is 0 Å². The van der Waals surface area contributed by atoms with Crippen LogP contribution in [0.4, 0.5) is 0 Å². The lowest BCUT2D eigenvalue weighted by atomic mass is 10.1. The van der Waals surface area contributed by atoms with Crippen LogP contribution in [0.15, 0.2) is 0 Å². The minimum atomic E-state index is -0.175. The largest absolute Gasteiger partial charge is 0.466 e. The highest BCUT2D eigenvalue weighted by atomic mass is 16.5. The Hall–Kier alpha value is -0.570. The number of carbonyl (C=O) groups excluding carboxylic acids is 1. The fourth-order valence-corrected chi connectivity index (χ4v) is 1.19. The summed E-state index contributed by atoms with van der Waals surface area (Å²) in [4.78, 5) is 11.0. The van der Waals surface area contributed by atoms with Gasteiger partial charge in [-0.3, -0.25) is 4.79 Å². The molecule has 0 radical (unpaired) electrons. The van der Waals surface area contributed by atoms with Crippen LogP contribution in [0.25, 0.3) is 0 Å². The summed E-state index contributed by atoms with van der Waals surface area (Å²) in [6, 6.07) is -0.0226. The first kappa shape index (κ1) is 12.4. The Kier molecular flexibility index (Phi) is 7.69. The summed E-state index contributed by atoms with van der Waals surface area (Å²) >= 11 is 0.